The highest BCUT2D eigenvalue weighted by Crippen LogP contribution is 2.24. The number of amides is 1. The maximum Gasteiger partial charge on any atom is 0.328 e. The maximum atomic E-state index is 12.1. The Bertz CT molecular complexity index is 513. The summed E-state index contributed by atoms with van der Waals surface area (Å²) in [5.74, 6) is -0.275. The molecule has 4 nitrogen and oxygen atoms in total. The molecule has 2 N–H and O–H groups in total. The Morgan fingerprint density at radius 1 is 1.30 bits per heavy atom. The predicted molar refractivity (Wildman–Crippen MR) is 79.9 cm³/mol. The van der Waals surface area contributed by atoms with Crippen molar-refractivity contribution < 1.29 is 14.7 Å². The van der Waals surface area contributed by atoms with E-state index in [4.69, 9.17) is 5.11 Å². The van der Waals surface area contributed by atoms with Crippen molar-refractivity contribution in [2.75, 3.05) is 0 Å². The molecule has 1 saturated carbocycles. The van der Waals surface area contributed by atoms with E-state index in [0.29, 0.717) is 4.88 Å². The molecule has 1 heterocycles. The fraction of sp³-hybridized carbons (Fsp3) is 0.467. The van der Waals surface area contributed by atoms with Crippen LogP contribution in [0.15, 0.2) is 18.2 Å². The lowest BCUT2D eigenvalue weighted by Gasteiger charge is -2.26. The molecule has 0 radical (unpaired) electrons. The van der Waals surface area contributed by atoms with Gasteiger partial charge in [0, 0.05) is 17.0 Å². The molecule has 108 valence electrons. The van der Waals surface area contributed by atoms with Crippen LogP contribution in [-0.2, 0) is 4.79 Å². The number of carboxylic acid groups (broad SMARTS) is 1. The zero-order chi connectivity index (χ0) is 14.5. The van der Waals surface area contributed by atoms with Crippen molar-refractivity contribution in [1.82, 2.24) is 5.32 Å². The zero-order valence-electron chi connectivity index (χ0n) is 11.5. The van der Waals surface area contributed by atoms with E-state index in [0.717, 1.165) is 29.7 Å². The highest BCUT2D eigenvalue weighted by molar-refractivity contribution is 7.14. The summed E-state index contributed by atoms with van der Waals surface area (Å²) in [6.07, 6.45) is 7.01. The Kier molecular flexibility index (Phi) is 4.95. The minimum absolute atomic E-state index is 0.0514. The number of carbonyl (C=O) groups excluding carboxylic acids is 1. The van der Waals surface area contributed by atoms with Crippen LogP contribution in [-0.4, -0.2) is 23.0 Å². The SMILES string of the molecule is CC1CCC(NC(=O)c2ccc(/C=C/C(=O)O)s2)CC1. The maximum absolute atomic E-state index is 12.1. The minimum atomic E-state index is -0.985. The van der Waals surface area contributed by atoms with Gasteiger partial charge in [-0.25, -0.2) is 4.79 Å². The van der Waals surface area contributed by atoms with Gasteiger partial charge in [-0.3, -0.25) is 4.79 Å². The molecule has 0 unspecified atom stereocenters. The van der Waals surface area contributed by atoms with Gasteiger partial charge in [0.1, 0.15) is 0 Å². The fourth-order valence-corrected chi connectivity index (χ4v) is 3.19. The molecular weight excluding hydrogens is 274 g/mol. The summed E-state index contributed by atoms with van der Waals surface area (Å²) < 4.78 is 0. The Hall–Kier alpha value is -1.62. The van der Waals surface area contributed by atoms with Gasteiger partial charge >= 0.3 is 5.97 Å². The van der Waals surface area contributed by atoms with E-state index in [1.165, 1.54) is 30.3 Å². The molecule has 2 rings (SSSR count). The van der Waals surface area contributed by atoms with Gasteiger partial charge in [-0.1, -0.05) is 6.92 Å². The van der Waals surface area contributed by atoms with E-state index in [-0.39, 0.29) is 11.9 Å². The van der Waals surface area contributed by atoms with Crippen LogP contribution < -0.4 is 5.32 Å². The summed E-state index contributed by atoms with van der Waals surface area (Å²) in [5.41, 5.74) is 0. The molecule has 1 aliphatic carbocycles. The molecule has 0 spiro atoms. The number of carboxylic acids is 1. The standard InChI is InChI=1S/C15H19NO3S/c1-10-2-4-11(5-3-10)16-15(19)13-8-6-12(20-13)7-9-14(17)18/h6-11H,2-5H2,1H3,(H,16,19)(H,17,18)/b9-7+. The first kappa shape index (κ1) is 14.8. The van der Waals surface area contributed by atoms with Gasteiger partial charge in [-0.2, -0.15) is 0 Å². The van der Waals surface area contributed by atoms with Crippen LogP contribution in [0, 0.1) is 5.92 Å². The molecule has 0 aliphatic heterocycles. The Morgan fingerprint density at radius 3 is 2.65 bits per heavy atom. The second kappa shape index (κ2) is 6.70. The summed E-state index contributed by atoms with van der Waals surface area (Å²) in [4.78, 5) is 24.0. The third-order valence-corrected chi connectivity index (χ3v) is 4.64. The Labute approximate surface area is 122 Å². The highest BCUT2D eigenvalue weighted by atomic mass is 32.1. The van der Waals surface area contributed by atoms with Crippen molar-refractivity contribution in [2.24, 2.45) is 5.92 Å². The topological polar surface area (TPSA) is 66.4 Å². The van der Waals surface area contributed by atoms with Gasteiger partial charge in [0.05, 0.1) is 4.88 Å². The van der Waals surface area contributed by atoms with Crippen LogP contribution in [0.4, 0.5) is 0 Å². The van der Waals surface area contributed by atoms with Crippen molar-refractivity contribution in [1.29, 1.82) is 0 Å². The average molecular weight is 293 g/mol. The molecule has 0 saturated heterocycles. The molecule has 5 heteroatoms. The minimum Gasteiger partial charge on any atom is -0.478 e. The lowest BCUT2D eigenvalue weighted by Crippen LogP contribution is -2.36. The third kappa shape index (κ3) is 4.20. The highest BCUT2D eigenvalue weighted by Gasteiger charge is 2.20. The lowest BCUT2D eigenvalue weighted by atomic mass is 9.87. The van der Waals surface area contributed by atoms with Crippen LogP contribution in [0.3, 0.4) is 0 Å². The van der Waals surface area contributed by atoms with Crippen molar-refractivity contribution >= 4 is 29.3 Å². The van der Waals surface area contributed by atoms with Crippen molar-refractivity contribution in [3.05, 3.63) is 28.0 Å². The molecule has 0 aromatic carbocycles. The van der Waals surface area contributed by atoms with Crippen LogP contribution >= 0.6 is 11.3 Å². The average Bonchev–Trinajstić information content (AvgIpc) is 2.88. The van der Waals surface area contributed by atoms with Crippen LogP contribution in [0.5, 0.6) is 0 Å². The Morgan fingerprint density at radius 2 is 2.00 bits per heavy atom. The van der Waals surface area contributed by atoms with Gasteiger partial charge in [-0.15, -0.1) is 11.3 Å². The molecule has 0 atom stereocenters. The molecule has 0 bridgehead atoms. The van der Waals surface area contributed by atoms with Gasteiger partial charge in [-0.05, 0) is 49.8 Å². The second-order valence-corrected chi connectivity index (χ2v) is 6.42. The first-order valence-electron chi connectivity index (χ1n) is 6.86. The zero-order valence-corrected chi connectivity index (χ0v) is 12.3. The van der Waals surface area contributed by atoms with Crippen molar-refractivity contribution in [3.63, 3.8) is 0 Å². The number of hydrogen-bond donors (Lipinski definition) is 2. The van der Waals surface area contributed by atoms with E-state index >= 15 is 0 Å². The molecule has 1 amide bonds. The van der Waals surface area contributed by atoms with Gasteiger partial charge in [0.25, 0.3) is 5.91 Å². The summed E-state index contributed by atoms with van der Waals surface area (Å²) in [6, 6.07) is 3.79. The summed E-state index contributed by atoms with van der Waals surface area (Å²) >= 11 is 1.31. The number of aliphatic carboxylic acids is 1. The molecule has 1 aromatic heterocycles. The number of carbonyl (C=O) groups is 2. The number of nitrogens with one attached hydrogen (secondary N) is 1. The monoisotopic (exact) mass is 293 g/mol. The summed E-state index contributed by atoms with van der Waals surface area (Å²) in [6.45, 7) is 2.25. The third-order valence-electron chi connectivity index (χ3n) is 3.59. The van der Waals surface area contributed by atoms with Gasteiger partial charge in [0.15, 0.2) is 0 Å². The van der Waals surface area contributed by atoms with E-state index in [1.807, 2.05) is 0 Å². The molecule has 1 aromatic rings. The van der Waals surface area contributed by atoms with Crippen LogP contribution in [0.2, 0.25) is 0 Å². The van der Waals surface area contributed by atoms with Crippen LogP contribution in [0.25, 0.3) is 6.08 Å². The smallest absolute Gasteiger partial charge is 0.328 e. The number of thiophene rings is 1. The van der Waals surface area contributed by atoms with Gasteiger partial charge in [0.2, 0.25) is 0 Å². The Balaban J connectivity index is 1.91. The van der Waals surface area contributed by atoms with E-state index in [9.17, 15) is 9.59 Å². The predicted octanol–water partition coefficient (Wildman–Crippen LogP) is 3.15. The molecular formula is C15H19NO3S. The quantitative estimate of drug-likeness (QED) is 0.838. The summed E-state index contributed by atoms with van der Waals surface area (Å²) in [7, 11) is 0. The summed E-state index contributed by atoms with van der Waals surface area (Å²) in [5, 5.41) is 11.6. The van der Waals surface area contributed by atoms with E-state index in [1.54, 1.807) is 12.1 Å². The van der Waals surface area contributed by atoms with Crippen molar-refractivity contribution in [3.8, 4) is 0 Å². The number of hydrogen-bond acceptors (Lipinski definition) is 3. The van der Waals surface area contributed by atoms with Crippen molar-refractivity contribution in [2.45, 2.75) is 38.6 Å². The number of rotatable bonds is 4. The fourth-order valence-electron chi connectivity index (χ4n) is 2.38. The van der Waals surface area contributed by atoms with E-state index in [2.05, 4.69) is 12.2 Å². The van der Waals surface area contributed by atoms with E-state index < -0.39 is 5.97 Å². The second-order valence-electron chi connectivity index (χ2n) is 5.30. The normalized spacial score (nSPS) is 22.9. The lowest BCUT2D eigenvalue weighted by molar-refractivity contribution is -0.131. The first-order chi connectivity index (χ1) is 9.54. The molecule has 20 heavy (non-hydrogen) atoms. The van der Waals surface area contributed by atoms with Crippen LogP contribution in [0.1, 0.15) is 47.2 Å². The first-order valence-corrected chi connectivity index (χ1v) is 7.68. The van der Waals surface area contributed by atoms with Gasteiger partial charge < -0.3 is 10.4 Å². The molecule has 1 aliphatic rings. The molecule has 1 fully saturated rings. The largest absolute Gasteiger partial charge is 0.478 e.